The third-order valence-corrected chi connectivity index (χ3v) is 2.07. The minimum Gasteiger partial charge on any atom is -0.366 e. The van der Waals surface area contributed by atoms with Crippen LogP contribution in [0.25, 0.3) is 10.4 Å². The molecule has 66 valence electrons. The van der Waals surface area contributed by atoms with Crippen molar-refractivity contribution in [3.05, 3.63) is 38.7 Å². The molecule has 0 aliphatic heterocycles. The molecular weight excluding hydrogens is 236 g/mol. The van der Waals surface area contributed by atoms with Gasteiger partial charge in [0.05, 0.1) is 5.56 Å². The Bertz CT molecular complexity index is 397. The molecule has 0 heterocycles. The van der Waals surface area contributed by atoms with Crippen molar-refractivity contribution in [2.24, 2.45) is 10.8 Å². The summed E-state index contributed by atoms with van der Waals surface area (Å²) in [5.74, 6) is -0.568. The van der Waals surface area contributed by atoms with Gasteiger partial charge in [0.1, 0.15) is 0 Å². The summed E-state index contributed by atoms with van der Waals surface area (Å²) < 4.78 is 0.580. The average Bonchev–Trinajstić information content (AvgIpc) is 2.08. The summed E-state index contributed by atoms with van der Waals surface area (Å²) in [5, 5.41) is 3.34. The van der Waals surface area contributed by atoms with Gasteiger partial charge in [-0.25, -0.2) is 0 Å². The van der Waals surface area contributed by atoms with Gasteiger partial charge in [-0.2, -0.15) is 0 Å². The number of amides is 1. The molecule has 0 aliphatic carbocycles. The Balaban J connectivity index is 3.26. The standard InChI is InChI=1S/C7H5BrN4O/c8-6-2-1-4(11-12-10)3-5(6)7(9)13/h1-3H,(H2,9,13). The number of azide groups is 1. The van der Waals surface area contributed by atoms with E-state index in [4.69, 9.17) is 11.3 Å². The Morgan fingerprint density at radius 3 is 2.85 bits per heavy atom. The van der Waals surface area contributed by atoms with E-state index >= 15 is 0 Å². The molecule has 2 N–H and O–H groups in total. The summed E-state index contributed by atoms with van der Waals surface area (Å²) in [5.41, 5.74) is 13.9. The van der Waals surface area contributed by atoms with Crippen molar-refractivity contribution in [2.45, 2.75) is 0 Å². The fourth-order valence-corrected chi connectivity index (χ4v) is 1.26. The summed E-state index contributed by atoms with van der Waals surface area (Å²) in [7, 11) is 0. The molecule has 0 saturated heterocycles. The number of carbonyl (C=O) groups excluding carboxylic acids is 1. The molecule has 0 radical (unpaired) electrons. The number of hydrogen-bond donors (Lipinski definition) is 1. The second-order valence-corrected chi connectivity index (χ2v) is 3.07. The molecule has 0 spiro atoms. The third kappa shape index (κ3) is 2.21. The van der Waals surface area contributed by atoms with Crippen molar-refractivity contribution in [1.82, 2.24) is 0 Å². The molecule has 0 bridgehead atoms. The van der Waals surface area contributed by atoms with Crippen LogP contribution >= 0.6 is 15.9 Å². The van der Waals surface area contributed by atoms with Crippen molar-refractivity contribution in [3.8, 4) is 0 Å². The number of benzene rings is 1. The predicted octanol–water partition coefficient (Wildman–Crippen LogP) is 2.49. The third-order valence-electron chi connectivity index (χ3n) is 1.38. The SMILES string of the molecule is [N-]=[N+]=Nc1ccc(Br)c(C(N)=O)c1. The van der Waals surface area contributed by atoms with E-state index in [0.717, 1.165) is 0 Å². The molecule has 0 unspecified atom stereocenters. The number of hydrogen-bond acceptors (Lipinski definition) is 2. The van der Waals surface area contributed by atoms with E-state index in [2.05, 4.69) is 26.0 Å². The molecule has 1 aromatic carbocycles. The molecule has 0 aliphatic rings. The van der Waals surface area contributed by atoms with Gasteiger partial charge in [-0.15, -0.1) is 0 Å². The maximum atomic E-state index is 10.8. The summed E-state index contributed by atoms with van der Waals surface area (Å²) in [4.78, 5) is 13.4. The predicted molar refractivity (Wildman–Crippen MR) is 51.5 cm³/mol. The number of nitrogens with zero attached hydrogens (tertiary/aromatic N) is 3. The van der Waals surface area contributed by atoms with Crippen LogP contribution in [0.4, 0.5) is 5.69 Å². The molecular formula is C7H5BrN4O. The number of primary amides is 1. The Hall–Kier alpha value is -1.52. The van der Waals surface area contributed by atoms with E-state index in [1.165, 1.54) is 6.07 Å². The molecule has 5 nitrogen and oxygen atoms in total. The lowest BCUT2D eigenvalue weighted by atomic mass is 10.2. The van der Waals surface area contributed by atoms with Gasteiger partial charge in [0, 0.05) is 15.1 Å². The van der Waals surface area contributed by atoms with Gasteiger partial charge >= 0.3 is 0 Å². The normalized spacial score (nSPS) is 9.00. The van der Waals surface area contributed by atoms with Gasteiger partial charge in [0.25, 0.3) is 0 Å². The lowest BCUT2D eigenvalue weighted by Gasteiger charge is -1.99. The molecule has 1 aromatic rings. The molecule has 0 fully saturated rings. The Morgan fingerprint density at radius 2 is 2.31 bits per heavy atom. The molecule has 0 aromatic heterocycles. The molecule has 0 saturated carbocycles. The topological polar surface area (TPSA) is 91.8 Å². The van der Waals surface area contributed by atoms with Crippen molar-refractivity contribution in [2.75, 3.05) is 0 Å². The van der Waals surface area contributed by atoms with Crippen molar-refractivity contribution < 1.29 is 4.79 Å². The lowest BCUT2D eigenvalue weighted by Crippen LogP contribution is -2.11. The molecule has 6 heteroatoms. The number of carbonyl (C=O) groups is 1. The molecule has 1 rings (SSSR count). The maximum Gasteiger partial charge on any atom is 0.249 e. The fraction of sp³-hybridized carbons (Fsp3) is 0. The minimum atomic E-state index is -0.568. The Morgan fingerprint density at radius 1 is 1.62 bits per heavy atom. The highest BCUT2D eigenvalue weighted by Crippen LogP contribution is 2.22. The first-order valence-corrected chi connectivity index (χ1v) is 4.09. The smallest absolute Gasteiger partial charge is 0.249 e. The highest BCUT2D eigenvalue weighted by molar-refractivity contribution is 9.10. The van der Waals surface area contributed by atoms with Crippen LogP contribution in [0.3, 0.4) is 0 Å². The van der Waals surface area contributed by atoms with E-state index in [1.807, 2.05) is 0 Å². The van der Waals surface area contributed by atoms with Crippen molar-refractivity contribution in [1.29, 1.82) is 0 Å². The minimum absolute atomic E-state index is 0.296. The quantitative estimate of drug-likeness (QED) is 0.480. The van der Waals surface area contributed by atoms with Crippen LogP contribution in [0, 0.1) is 0 Å². The summed E-state index contributed by atoms with van der Waals surface area (Å²) in [6.45, 7) is 0. The van der Waals surface area contributed by atoms with Crippen LogP contribution in [-0.4, -0.2) is 5.91 Å². The van der Waals surface area contributed by atoms with E-state index in [9.17, 15) is 4.79 Å². The molecule has 13 heavy (non-hydrogen) atoms. The van der Waals surface area contributed by atoms with Gasteiger partial charge in [-0.1, -0.05) is 11.2 Å². The zero-order valence-electron chi connectivity index (χ0n) is 6.44. The second-order valence-electron chi connectivity index (χ2n) is 2.22. The largest absolute Gasteiger partial charge is 0.366 e. The zero-order valence-corrected chi connectivity index (χ0v) is 8.02. The van der Waals surface area contributed by atoms with E-state index in [-0.39, 0.29) is 0 Å². The average molecular weight is 241 g/mol. The van der Waals surface area contributed by atoms with Crippen LogP contribution in [0.1, 0.15) is 10.4 Å². The van der Waals surface area contributed by atoms with Gasteiger partial charge < -0.3 is 5.73 Å². The number of rotatable bonds is 2. The number of nitrogens with two attached hydrogens (primary N) is 1. The first kappa shape index (κ1) is 9.57. The summed E-state index contributed by atoms with van der Waals surface area (Å²) in [6, 6.07) is 4.60. The molecule has 1 amide bonds. The highest BCUT2D eigenvalue weighted by Gasteiger charge is 2.05. The Kier molecular flexibility index (Phi) is 2.89. The second kappa shape index (κ2) is 3.93. The monoisotopic (exact) mass is 240 g/mol. The van der Waals surface area contributed by atoms with E-state index in [0.29, 0.717) is 15.7 Å². The van der Waals surface area contributed by atoms with Crippen LogP contribution in [0.15, 0.2) is 27.8 Å². The lowest BCUT2D eigenvalue weighted by molar-refractivity contribution is 0.0999. The fourth-order valence-electron chi connectivity index (χ4n) is 0.816. The number of halogens is 1. The highest BCUT2D eigenvalue weighted by atomic mass is 79.9. The van der Waals surface area contributed by atoms with Gasteiger partial charge in [-0.05, 0) is 33.6 Å². The van der Waals surface area contributed by atoms with Crippen molar-refractivity contribution in [3.63, 3.8) is 0 Å². The van der Waals surface area contributed by atoms with Crippen molar-refractivity contribution >= 4 is 27.5 Å². The Labute approximate surface area is 82.3 Å². The molecule has 0 atom stereocenters. The van der Waals surface area contributed by atoms with Gasteiger partial charge in [0.15, 0.2) is 0 Å². The van der Waals surface area contributed by atoms with Crippen LogP contribution in [-0.2, 0) is 0 Å². The summed E-state index contributed by atoms with van der Waals surface area (Å²) in [6.07, 6.45) is 0. The summed E-state index contributed by atoms with van der Waals surface area (Å²) >= 11 is 3.15. The van der Waals surface area contributed by atoms with Crippen LogP contribution in [0.2, 0.25) is 0 Å². The first-order chi connectivity index (χ1) is 6.15. The van der Waals surface area contributed by atoms with Gasteiger partial charge in [0.2, 0.25) is 5.91 Å². The first-order valence-electron chi connectivity index (χ1n) is 3.29. The van der Waals surface area contributed by atoms with Gasteiger partial charge in [-0.3, -0.25) is 4.79 Å². The van der Waals surface area contributed by atoms with E-state index < -0.39 is 5.91 Å². The van der Waals surface area contributed by atoms with Crippen LogP contribution < -0.4 is 5.73 Å². The zero-order chi connectivity index (χ0) is 9.84. The maximum absolute atomic E-state index is 10.8. The van der Waals surface area contributed by atoms with Crippen LogP contribution in [0.5, 0.6) is 0 Å². The van der Waals surface area contributed by atoms with E-state index in [1.54, 1.807) is 12.1 Å².